The summed E-state index contributed by atoms with van der Waals surface area (Å²) in [5.41, 5.74) is 2.48. The molecule has 0 bridgehead atoms. The van der Waals surface area contributed by atoms with Crippen molar-refractivity contribution in [2.45, 2.75) is 44.7 Å². The van der Waals surface area contributed by atoms with Gasteiger partial charge < -0.3 is 14.7 Å². The number of carbonyl (C=O) groups is 1. The lowest BCUT2D eigenvalue weighted by atomic mass is 10.0. The normalized spacial score (nSPS) is 14.1. The number of aromatic nitrogens is 1. The number of benzene rings is 1. The summed E-state index contributed by atoms with van der Waals surface area (Å²) >= 11 is 0. The number of nitrogens with zero attached hydrogens (tertiary/aromatic N) is 2. The molecule has 0 saturated heterocycles. The average Bonchev–Trinajstić information content (AvgIpc) is 2.95. The van der Waals surface area contributed by atoms with E-state index in [1.54, 1.807) is 6.92 Å². The minimum Gasteiger partial charge on any atom is -0.360 e. The second-order valence-corrected chi connectivity index (χ2v) is 8.78. The second-order valence-electron chi connectivity index (χ2n) is 7.13. The van der Waals surface area contributed by atoms with Crippen LogP contribution in [0.2, 0.25) is 0 Å². The van der Waals surface area contributed by atoms with E-state index >= 15 is 0 Å². The molecule has 8 nitrogen and oxygen atoms in total. The number of nitrogens with one attached hydrogen (secondary N) is 2. The molecule has 1 aromatic heterocycles. The Morgan fingerprint density at radius 2 is 1.79 bits per heavy atom. The van der Waals surface area contributed by atoms with E-state index in [9.17, 15) is 13.2 Å². The van der Waals surface area contributed by atoms with Gasteiger partial charge in [-0.2, -0.15) is 4.72 Å². The fraction of sp³-hybridized carbons (Fsp3) is 0.474. The van der Waals surface area contributed by atoms with Gasteiger partial charge in [0, 0.05) is 6.54 Å². The Morgan fingerprint density at radius 3 is 2.29 bits per heavy atom. The van der Waals surface area contributed by atoms with Crippen molar-refractivity contribution in [3.63, 3.8) is 0 Å². The standard InChI is InChI=1S/C19H28N4O4S/c1-12-7-9-16(10-8-12)17(23(5)6)11-20-19(24)14(3)22-28(25,26)18-13(2)21-27-15(18)4/h7-10,14,17,22H,11H2,1-6H3,(H,20,24)/t14-,17?/m0/s1. The maximum Gasteiger partial charge on any atom is 0.246 e. The monoisotopic (exact) mass is 408 g/mol. The highest BCUT2D eigenvalue weighted by molar-refractivity contribution is 7.89. The molecule has 1 unspecified atom stereocenters. The fourth-order valence-corrected chi connectivity index (χ4v) is 4.47. The Morgan fingerprint density at radius 1 is 1.18 bits per heavy atom. The van der Waals surface area contributed by atoms with Crippen molar-refractivity contribution >= 4 is 15.9 Å². The van der Waals surface area contributed by atoms with E-state index in [4.69, 9.17) is 4.52 Å². The number of aryl methyl sites for hydroxylation is 3. The van der Waals surface area contributed by atoms with Crippen molar-refractivity contribution in [3.8, 4) is 0 Å². The summed E-state index contributed by atoms with van der Waals surface area (Å²) in [6.45, 7) is 6.93. The summed E-state index contributed by atoms with van der Waals surface area (Å²) in [7, 11) is -0.0502. The molecule has 1 amide bonds. The van der Waals surface area contributed by atoms with Gasteiger partial charge in [-0.3, -0.25) is 4.79 Å². The van der Waals surface area contributed by atoms with E-state index in [0.717, 1.165) is 11.1 Å². The number of sulfonamides is 1. The molecule has 0 aliphatic rings. The summed E-state index contributed by atoms with van der Waals surface area (Å²) in [5.74, 6) is -0.223. The number of rotatable bonds is 8. The van der Waals surface area contributed by atoms with Crippen molar-refractivity contribution in [2.24, 2.45) is 0 Å². The fourth-order valence-electron chi connectivity index (χ4n) is 2.94. The summed E-state index contributed by atoms with van der Waals surface area (Å²) in [6.07, 6.45) is 0. The highest BCUT2D eigenvalue weighted by Gasteiger charge is 2.28. The lowest BCUT2D eigenvalue weighted by Crippen LogP contribution is -2.46. The maximum absolute atomic E-state index is 12.6. The number of carbonyl (C=O) groups excluding carboxylic acids is 1. The van der Waals surface area contributed by atoms with E-state index in [1.165, 1.54) is 13.8 Å². The number of hydrogen-bond acceptors (Lipinski definition) is 6. The van der Waals surface area contributed by atoms with Crippen LogP contribution in [0.25, 0.3) is 0 Å². The first-order valence-electron chi connectivity index (χ1n) is 8.99. The van der Waals surface area contributed by atoms with Crippen LogP contribution >= 0.6 is 0 Å². The molecule has 0 aliphatic carbocycles. The van der Waals surface area contributed by atoms with Gasteiger partial charge in [0.25, 0.3) is 0 Å². The molecule has 0 aliphatic heterocycles. The molecule has 1 aromatic carbocycles. The van der Waals surface area contributed by atoms with Crippen molar-refractivity contribution in [1.82, 2.24) is 20.1 Å². The van der Waals surface area contributed by atoms with Crippen LogP contribution in [0.3, 0.4) is 0 Å². The van der Waals surface area contributed by atoms with Gasteiger partial charge in [0.15, 0.2) is 5.76 Å². The predicted molar refractivity (Wildman–Crippen MR) is 106 cm³/mol. The third kappa shape index (κ3) is 5.18. The van der Waals surface area contributed by atoms with Gasteiger partial charge >= 0.3 is 0 Å². The molecule has 2 N–H and O–H groups in total. The predicted octanol–water partition coefficient (Wildman–Crippen LogP) is 1.69. The van der Waals surface area contributed by atoms with Crippen LogP contribution in [-0.2, 0) is 14.8 Å². The average molecular weight is 409 g/mol. The maximum atomic E-state index is 12.6. The van der Waals surface area contributed by atoms with Crippen LogP contribution in [0.4, 0.5) is 0 Å². The molecule has 1 heterocycles. The summed E-state index contributed by atoms with van der Waals surface area (Å²) in [5, 5.41) is 6.48. The zero-order valence-electron chi connectivity index (χ0n) is 17.1. The first-order valence-corrected chi connectivity index (χ1v) is 10.5. The molecular weight excluding hydrogens is 380 g/mol. The topological polar surface area (TPSA) is 105 Å². The molecule has 2 atom stereocenters. The van der Waals surface area contributed by atoms with E-state index in [-0.39, 0.29) is 22.4 Å². The number of hydrogen-bond donors (Lipinski definition) is 2. The van der Waals surface area contributed by atoms with Crippen LogP contribution in [0.15, 0.2) is 33.7 Å². The summed E-state index contributed by atoms with van der Waals surface area (Å²) in [6, 6.07) is 7.11. The third-order valence-corrected chi connectivity index (χ3v) is 6.30. The van der Waals surface area contributed by atoms with E-state index in [0.29, 0.717) is 6.54 Å². The molecule has 2 aromatic rings. The van der Waals surface area contributed by atoms with Crippen LogP contribution < -0.4 is 10.0 Å². The van der Waals surface area contributed by atoms with Gasteiger partial charge in [0.05, 0.1) is 12.1 Å². The second kappa shape index (κ2) is 8.85. The van der Waals surface area contributed by atoms with Crippen molar-refractivity contribution in [1.29, 1.82) is 0 Å². The van der Waals surface area contributed by atoms with Gasteiger partial charge in [-0.1, -0.05) is 35.0 Å². The highest BCUT2D eigenvalue weighted by Crippen LogP contribution is 2.20. The van der Waals surface area contributed by atoms with Crippen molar-refractivity contribution in [3.05, 3.63) is 46.8 Å². The smallest absolute Gasteiger partial charge is 0.246 e. The van der Waals surface area contributed by atoms with Gasteiger partial charge in [0.1, 0.15) is 10.6 Å². The highest BCUT2D eigenvalue weighted by atomic mass is 32.2. The van der Waals surface area contributed by atoms with E-state index in [1.807, 2.05) is 50.2 Å². The SMILES string of the molecule is Cc1ccc(C(CNC(=O)[C@H](C)NS(=O)(=O)c2c(C)noc2C)N(C)C)cc1. The van der Waals surface area contributed by atoms with Crippen LogP contribution in [0, 0.1) is 20.8 Å². The van der Waals surface area contributed by atoms with Gasteiger partial charge in [-0.15, -0.1) is 0 Å². The number of amides is 1. The van der Waals surface area contributed by atoms with E-state index < -0.39 is 22.0 Å². The molecule has 154 valence electrons. The zero-order valence-corrected chi connectivity index (χ0v) is 17.9. The quantitative estimate of drug-likeness (QED) is 0.689. The van der Waals surface area contributed by atoms with Gasteiger partial charge in [-0.05, 0) is 47.4 Å². The molecular formula is C19H28N4O4S. The molecule has 0 fully saturated rings. The third-order valence-electron chi connectivity index (χ3n) is 4.52. The number of likely N-dealkylation sites (N-methyl/N-ethyl adjacent to an activating group) is 1. The van der Waals surface area contributed by atoms with Gasteiger partial charge in [0.2, 0.25) is 15.9 Å². The van der Waals surface area contributed by atoms with E-state index in [2.05, 4.69) is 15.2 Å². The molecule has 9 heteroatoms. The van der Waals surface area contributed by atoms with Crippen LogP contribution in [-0.4, -0.2) is 51.1 Å². The Hall–Kier alpha value is -2.23. The van der Waals surface area contributed by atoms with Crippen molar-refractivity contribution in [2.75, 3.05) is 20.6 Å². The largest absolute Gasteiger partial charge is 0.360 e. The molecule has 0 radical (unpaired) electrons. The first-order chi connectivity index (χ1) is 13.0. The van der Waals surface area contributed by atoms with Crippen LogP contribution in [0.1, 0.15) is 35.5 Å². The Balaban J connectivity index is 2.04. The molecule has 0 spiro atoms. The minimum atomic E-state index is -3.91. The minimum absolute atomic E-state index is 0.0297. The molecule has 2 rings (SSSR count). The van der Waals surface area contributed by atoms with Gasteiger partial charge in [-0.25, -0.2) is 8.42 Å². The molecule has 0 saturated carbocycles. The molecule has 28 heavy (non-hydrogen) atoms. The first kappa shape index (κ1) is 22.1. The summed E-state index contributed by atoms with van der Waals surface area (Å²) < 4.78 is 32.4. The Labute approximate surface area is 166 Å². The lowest BCUT2D eigenvalue weighted by molar-refractivity contribution is -0.122. The Bertz CT molecular complexity index is 900. The Kier molecular flexibility index (Phi) is 6.97. The van der Waals surface area contributed by atoms with Crippen LogP contribution in [0.5, 0.6) is 0 Å². The lowest BCUT2D eigenvalue weighted by Gasteiger charge is -2.26. The zero-order chi connectivity index (χ0) is 21.1. The summed E-state index contributed by atoms with van der Waals surface area (Å²) in [4.78, 5) is 14.5. The van der Waals surface area contributed by atoms with Crippen molar-refractivity contribution < 1.29 is 17.7 Å².